The Morgan fingerprint density at radius 3 is 2.33 bits per heavy atom. The zero-order chi connectivity index (χ0) is 19.6. The SMILES string of the molecule is COc1ccc(-c2n[nH]c(S(=O)(=O)Cc3cc(C)cc(C)c3)n2)c(OC)c1. The average molecular weight is 387 g/mol. The molecule has 142 valence electrons. The first-order chi connectivity index (χ1) is 12.8. The molecule has 7 nitrogen and oxygen atoms in total. The van der Waals surface area contributed by atoms with Gasteiger partial charge in [0.1, 0.15) is 11.5 Å². The number of benzene rings is 2. The highest BCUT2D eigenvalue weighted by Gasteiger charge is 2.22. The largest absolute Gasteiger partial charge is 0.497 e. The molecule has 0 saturated carbocycles. The second-order valence-corrected chi connectivity index (χ2v) is 8.19. The van der Waals surface area contributed by atoms with Crippen LogP contribution in [0.5, 0.6) is 11.5 Å². The summed E-state index contributed by atoms with van der Waals surface area (Å²) in [4.78, 5) is 4.18. The minimum absolute atomic E-state index is 0.149. The third-order valence-electron chi connectivity index (χ3n) is 4.05. The highest BCUT2D eigenvalue weighted by molar-refractivity contribution is 7.90. The highest BCUT2D eigenvalue weighted by Crippen LogP contribution is 2.31. The van der Waals surface area contributed by atoms with Crippen LogP contribution in [-0.4, -0.2) is 37.8 Å². The molecule has 8 heteroatoms. The van der Waals surface area contributed by atoms with Crippen molar-refractivity contribution in [2.45, 2.75) is 24.8 Å². The lowest BCUT2D eigenvalue weighted by molar-refractivity contribution is 0.395. The predicted octanol–water partition coefficient (Wildman–Crippen LogP) is 3.08. The van der Waals surface area contributed by atoms with Gasteiger partial charge >= 0.3 is 0 Å². The summed E-state index contributed by atoms with van der Waals surface area (Å²) in [7, 11) is -0.590. The third kappa shape index (κ3) is 4.11. The molecule has 0 aliphatic carbocycles. The summed E-state index contributed by atoms with van der Waals surface area (Å²) in [5.41, 5.74) is 3.32. The molecule has 2 aromatic carbocycles. The molecular formula is C19H21N3O4S. The number of aryl methyl sites for hydroxylation is 2. The van der Waals surface area contributed by atoms with Crippen molar-refractivity contribution in [1.82, 2.24) is 15.2 Å². The Hall–Kier alpha value is -2.87. The molecule has 0 bridgehead atoms. The summed E-state index contributed by atoms with van der Waals surface area (Å²) in [5.74, 6) is 1.21. The van der Waals surface area contributed by atoms with E-state index in [4.69, 9.17) is 9.47 Å². The summed E-state index contributed by atoms with van der Waals surface area (Å²) >= 11 is 0. The topological polar surface area (TPSA) is 94.2 Å². The van der Waals surface area contributed by atoms with E-state index in [9.17, 15) is 8.42 Å². The Morgan fingerprint density at radius 2 is 1.70 bits per heavy atom. The molecule has 27 heavy (non-hydrogen) atoms. The van der Waals surface area contributed by atoms with Gasteiger partial charge in [0.05, 0.1) is 25.5 Å². The van der Waals surface area contributed by atoms with Crippen LogP contribution in [0.4, 0.5) is 0 Å². The normalized spacial score (nSPS) is 11.4. The smallest absolute Gasteiger partial charge is 0.243 e. The van der Waals surface area contributed by atoms with Crippen molar-refractivity contribution in [2.75, 3.05) is 14.2 Å². The first kappa shape index (κ1) is 18.9. The van der Waals surface area contributed by atoms with Crippen LogP contribution in [0.15, 0.2) is 41.6 Å². The van der Waals surface area contributed by atoms with E-state index in [0.29, 0.717) is 22.6 Å². The van der Waals surface area contributed by atoms with Gasteiger partial charge in [-0.25, -0.2) is 13.5 Å². The van der Waals surface area contributed by atoms with Gasteiger partial charge in [0.15, 0.2) is 5.82 Å². The average Bonchev–Trinajstić information content (AvgIpc) is 3.10. The molecule has 0 spiro atoms. The van der Waals surface area contributed by atoms with Crippen LogP contribution < -0.4 is 9.47 Å². The van der Waals surface area contributed by atoms with Gasteiger partial charge in [0.25, 0.3) is 0 Å². The quantitative estimate of drug-likeness (QED) is 0.698. The van der Waals surface area contributed by atoms with Gasteiger partial charge in [-0.15, -0.1) is 0 Å². The van der Waals surface area contributed by atoms with E-state index in [0.717, 1.165) is 11.1 Å². The van der Waals surface area contributed by atoms with Crippen molar-refractivity contribution < 1.29 is 17.9 Å². The number of sulfone groups is 1. The molecular weight excluding hydrogens is 366 g/mol. The van der Waals surface area contributed by atoms with E-state index >= 15 is 0 Å². The van der Waals surface area contributed by atoms with E-state index < -0.39 is 9.84 Å². The molecule has 0 unspecified atom stereocenters. The summed E-state index contributed by atoms with van der Waals surface area (Å²) < 4.78 is 36.0. The zero-order valence-corrected chi connectivity index (χ0v) is 16.4. The lowest BCUT2D eigenvalue weighted by Gasteiger charge is -2.07. The van der Waals surface area contributed by atoms with Gasteiger partial charge in [0.2, 0.25) is 15.0 Å². The maximum atomic E-state index is 12.7. The van der Waals surface area contributed by atoms with Crippen LogP contribution in [0.2, 0.25) is 0 Å². The zero-order valence-electron chi connectivity index (χ0n) is 15.6. The Balaban J connectivity index is 1.93. The van der Waals surface area contributed by atoms with Gasteiger partial charge < -0.3 is 9.47 Å². The van der Waals surface area contributed by atoms with Crippen molar-refractivity contribution in [1.29, 1.82) is 0 Å². The fourth-order valence-electron chi connectivity index (χ4n) is 2.93. The number of aromatic nitrogens is 3. The van der Waals surface area contributed by atoms with E-state index in [-0.39, 0.29) is 16.7 Å². The fourth-order valence-corrected chi connectivity index (χ4v) is 4.08. The van der Waals surface area contributed by atoms with Crippen molar-refractivity contribution in [3.05, 3.63) is 53.1 Å². The molecule has 0 radical (unpaired) electrons. The summed E-state index contributed by atoms with van der Waals surface area (Å²) in [6.07, 6.45) is 0. The van der Waals surface area contributed by atoms with E-state index in [2.05, 4.69) is 15.2 Å². The monoisotopic (exact) mass is 387 g/mol. The molecule has 0 aliphatic heterocycles. The summed E-state index contributed by atoms with van der Waals surface area (Å²) in [6, 6.07) is 10.9. The van der Waals surface area contributed by atoms with Crippen LogP contribution in [-0.2, 0) is 15.6 Å². The Morgan fingerprint density at radius 1 is 1.00 bits per heavy atom. The number of ether oxygens (including phenoxy) is 2. The standard InChI is InChI=1S/C19H21N3O4S/c1-12-7-13(2)9-14(8-12)11-27(23,24)19-20-18(21-22-19)16-6-5-15(25-3)10-17(16)26-4/h5-10H,11H2,1-4H3,(H,20,21,22). The summed E-state index contributed by atoms with van der Waals surface area (Å²) in [5, 5.41) is 6.42. The van der Waals surface area contributed by atoms with Gasteiger partial charge in [0, 0.05) is 6.07 Å². The molecule has 1 N–H and O–H groups in total. The maximum absolute atomic E-state index is 12.7. The molecule has 0 atom stereocenters. The first-order valence-corrected chi connectivity index (χ1v) is 9.92. The molecule has 3 aromatic rings. The number of hydrogen-bond donors (Lipinski definition) is 1. The molecule has 1 heterocycles. The van der Waals surface area contributed by atoms with Crippen LogP contribution in [0.3, 0.4) is 0 Å². The van der Waals surface area contributed by atoms with Gasteiger partial charge in [-0.3, -0.25) is 0 Å². The van der Waals surface area contributed by atoms with Crippen molar-refractivity contribution >= 4 is 9.84 Å². The number of nitrogens with one attached hydrogen (secondary N) is 1. The number of H-pyrrole nitrogens is 1. The second-order valence-electron chi connectivity index (χ2n) is 6.29. The van der Waals surface area contributed by atoms with Crippen LogP contribution >= 0.6 is 0 Å². The molecule has 0 fully saturated rings. The molecule has 0 aliphatic rings. The predicted molar refractivity (Wildman–Crippen MR) is 102 cm³/mol. The summed E-state index contributed by atoms with van der Waals surface area (Å²) in [6.45, 7) is 3.87. The van der Waals surface area contributed by atoms with E-state index in [1.165, 1.54) is 7.11 Å². The van der Waals surface area contributed by atoms with Crippen LogP contribution in [0, 0.1) is 13.8 Å². The van der Waals surface area contributed by atoms with Gasteiger partial charge in [-0.2, -0.15) is 10.1 Å². The number of methoxy groups -OCH3 is 2. The van der Waals surface area contributed by atoms with Gasteiger partial charge in [-0.05, 0) is 31.5 Å². The molecule has 0 amide bonds. The van der Waals surface area contributed by atoms with Crippen molar-refractivity contribution in [2.24, 2.45) is 0 Å². The minimum atomic E-state index is -3.66. The van der Waals surface area contributed by atoms with E-state index in [1.54, 1.807) is 25.3 Å². The molecule has 3 rings (SSSR count). The third-order valence-corrected chi connectivity index (χ3v) is 5.53. The Kier molecular flexibility index (Phi) is 5.18. The van der Waals surface area contributed by atoms with Gasteiger partial charge in [-0.1, -0.05) is 29.3 Å². The van der Waals surface area contributed by atoms with E-state index in [1.807, 2.05) is 32.0 Å². The number of hydrogen-bond acceptors (Lipinski definition) is 6. The Labute approximate surface area is 158 Å². The van der Waals surface area contributed by atoms with Crippen LogP contribution in [0.1, 0.15) is 16.7 Å². The lowest BCUT2D eigenvalue weighted by Crippen LogP contribution is -2.07. The Bertz CT molecular complexity index is 1050. The van der Waals surface area contributed by atoms with Crippen LogP contribution in [0.25, 0.3) is 11.4 Å². The lowest BCUT2D eigenvalue weighted by atomic mass is 10.1. The molecule has 1 aromatic heterocycles. The number of aromatic amines is 1. The maximum Gasteiger partial charge on any atom is 0.243 e. The fraction of sp³-hybridized carbons (Fsp3) is 0.263. The van der Waals surface area contributed by atoms with Crippen molar-refractivity contribution in [3.8, 4) is 22.9 Å². The highest BCUT2D eigenvalue weighted by atomic mass is 32.2. The molecule has 0 saturated heterocycles. The number of nitrogens with zero attached hydrogens (tertiary/aromatic N) is 2. The number of rotatable bonds is 6. The minimum Gasteiger partial charge on any atom is -0.497 e. The van der Waals surface area contributed by atoms with Crippen molar-refractivity contribution in [3.63, 3.8) is 0 Å². The first-order valence-electron chi connectivity index (χ1n) is 8.27. The second kappa shape index (κ2) is 7.40.